The third-order valence-electron chi connectivity index (χ3n) is 2.80. The van der Waals surface area contributed by atoms with Gasteiger partial charge in [-0.2, -0.15) is 0 Å². The van der Waals surface area contributed by atoms with Crippen molar-refractivity contribution in [3.63, 3.8) is 0 Å². The molecule has 0 fully saturated rings. The summed E-state index contributed by atoms with van der Waals surface area (Å²) in [4.78, 5) is 0. The van der Waals surface area contributed by atoms with Gasteiger partial charge in [0.05, 0.1) is 0 Å². The molecule has 1 aromatic carbocycles. The number of rotatable bonds is 6. The maximum absolute atomic E-state index is 2.30. The van der Waals surface area contributed by atoms with Crippen LogP contribution in [0.2, 0.25) is 0 Å². The molecule has 0 bridgehead atoms. The Balaban J connectivity index is 2.60. The zero-order chi connectivity index (χ0) is 11.1. The predicted octanol–water partition coefficient (Wildman–Crippen LogP) is 4.62. The third kappa shape index (κ3) is 4.51. The van der Waals surface area contributed by atoms with Crippen molar-refractivity contribution in [2.45, 2.75) is 52.9 Å². The first-order chi connectivity index (χ1) is 7.24. The van der Waals surface area contributed by atoms with Crippen LogP contribution in [0.25, 0.3) is 0 Å². The summed E-state index contributed by atoms with van der Waals surface area (Å²) in [5.41, 5.74) is 3.13. The second-order valence-electron chi connectivity index (χ2n) is 4.82. The Labute approximate surface area is 94.7 Å². The Hall–Kier alpha value is -0.780. The minimum atomic E-state index is 0.761. The average molecular weight is 204 g/mol. The maximum Gasteiger partial charge on any atom is -0.0253 e. The molecule has 0 heterocycles. The maximum atomic E-state index is 2.30. The Morgan fingerprint density at radius 2 is 1.67 bits per heavy atom. The van der Waals surface area contributed by atoms with Gasteiger partial charge in [-0.1, -0.05) is 57.9 Å². The second-order valence-corrected chi connectivity index (χ2v) is 4.82. The Morgan fingerprint density at radius 3 is 2.27 bits per heavy atom. The molecule has 0 aliphatic heterocycles. The number of unbranched alkanes of at least 4 members (excludes halogenated alkanes) is 2. The van der Waals surface area contributed by atoms with Gasteiger partial charge in [-0.3, -0.25) is 0 Å². The van der Waals surface area contributed by atoms with E-state index in [1.807, 2.05) is 0 Å². The molecule has 0 heteroatoms. The van der Waals surface area contributed by atoms with E-state index in [1.165, 1.54) is 32.1 Å². The molecule has 0 atom stereocenters. The van der Waals surface area contributed by atoms with Crippen LogP contribution in [0.1, 0.15) is 51.2 Å². The van der Waals surface area contributed by atoms with Gasteiger partial charge in [0.1, 0.15) is 0 Å². The van der Waals surface area contributed by atoms with Gasteiger partial charge >= 0.3 is 0 Å². The van der Waals surface area contributed by atoms with E-state index in [-0.39, 0.29) is 0 Å². The molecular formula is C15H24. The van der Waals surface area contributed by atoms with Gasteiger partial charge in [0.25, 0.3) is 0 Å². The van der Waals surface area contributed by atoms with Crippen molar-refractivity contribution in [3.05, 3.63) is 35.4 Å². The first-order valence-corrected chi connectivity index (χ1v) is 6.30. The fraction of sp³-hybridized carbons (Fsp3) is 0.600. The van der Waals surface area contributed by atoms with E-state index in [4.69, 9.17) is 0 Å². The summed E-state index contributed by atoms with van der Waals surface area (Å²) in [7, 11) is 0. The van der Waals surface area contributed by atoms with Crippen LogP contribution in [-0.4, -0.2) is 0 Å². The highest BCUT2D eigenvalue weighted by Crippen LogP contribution is 2.16. The number of aryl methyl sites for hydroxylation is 1. The van der Waals surface area contributed by atoms with Crippen molar-refractivity contribution in [1.82, 2.24) is 0 Å². The van der Waals surface area contributed by atoms with Crippen LogP contribution < -0.4 is 0 Å². The van der Waals surface area contributed by atoms with Crippen molar-refractivity contribution in [1.29, 1.82) is 0 Å². The number of hydrogen-bond acceptors (Lipinski definition) is 0. The molecule has 1 rings (SSSR count). The topological polar surface area (TPSA) is 0 Å². The van der Waals surface area contributed by atoms with Crippen LogP contribution in [0.4, 0.5) is 0 Å². The quantitative estimate of drug-likeness (QED) is 0.593. The van der Waals surface area contributed by atoms with Crippen LogP contribution in [0.15, 0.2) is 24.3 Å². The standard InChI is InChI=1S/C15H24/c1-4-5-6-9-14-10-7-8-11-15(14)12-13(2)3/h7-8,10-11,13H,4-6,9,12H2,1-3H3. The van der Waals surface area contributed by atoms with Gasteiger partial charge in [-0.05, 0) is 36.3 Å². The van der Waals surface area contributed by atoms with Crippen molar-refractivity contribution < 1.29 is 0 Å². The SMILES string of the molecule is CCCCCc1ccccc1CC(C)C. The van der Waals surface area contributed by atoms with Crippen molar-refractivity contribution >= 4 is 0 Å². The molecule has 1 aromatic rings. The molecule has 0 saturated heterocycles. The predicted molar refractivity (Wildman–Crippen MR) is 68.2 cm³/mol. The van der Waals surface area contributed by atoms with E-state index < -0.39 is 0 Å². The third-order valence-corrected chi connectivity index (χ3v) is 2.80. The lowest BCUT2D eigenvalue weighted by Gasteiger charge is -2.11. The molecule has 0 aromatic heterocycles. The van der Waals surface area contributed by atoms with Gasteiger partial charge in [-0.25, -0.2) is 0 Å². The van der Waals surface area contributed by atoms with E-state index in [0.29, 0.717) is 0 Å². The summed E-state index contributed by atoms with van der Waals surface area (Å²) in [6.45, 7) is 6.85. The first-order valence-electron chi connectivity index (χ1n) is 6.30. The van der Waals surface area contributed by atoms with E-state index >= 15 is 0 Å². The monoisotopic (exact) mass is 204 g/mol. The van der Waals surface area contributed by atoms with Crippen molar-refractivity contribution in [3.8, 4) is 0 Å². The van der Waals surface area contributed by atoms with Crippen LogP contribution >= 0.6 is 0 Å². The molecule has 0 spiro atoms. The molecule has 0 saturated carbocycles. The summed E-state index contributed by atoms with van der Waals surface area (Å²) >= 11 is 0. The normalized spacial score (nSPS) is 10.9. The zero-order valence-corrected chi connectivity index (χ0v) is 10.4. The molecule has 84 valence electrons. The summed E-state index contributed by atoms with van der Waals surface area (Å²) in [5, 5.41) is 0. The smallest absolute Gasteiger partial charge is 0.0253 e. The largest absolute Gasteiger partial charge is 0.0654 e. The van der Waals surface area contributed by atoms with Crippen LogP contribution in [0, 0.1) is 5.92 Å². The Morgan fingerprint density at radius 1 is 1.00 bits per heavy atom. The van der Waals surface area contributed by atoms with Gasteiger partial charge in [0.2, 0.25) is 0 Å². The summed E-state index contributed by atoms with van der Waals surface area (Å²) < 4.78 is 0. The Kier molecular flexibility index (Phi) is 5.45. The number of hydrogen-bond donors (Lipinski definition) is 0. The minimum Gasteiger partial charge on any atom is -0.0654 e. The zero-order valence-electron chi connectivity index (χ0n) is 10.4. The van der Waals surface area contributed by atoms with E-state index in [1.54, 1.807) is 11.1 Å². The lowest BCUT2D eigenvalue weighted by molar-refractivity contribution is 0.637. The number of benzene rings is 1. The van der Waals surface area contributed by atoms with Crippen LogP contribution in [-0.2, 0) is 12.8 Å². The fourth-order valence-electron chi connectivity index (χ4n) is 2.01. The van der Waals surface area contributed by atoms with Crippen molar-refractivity contribution in [2.24, 2.45) is 5.92 Å². The highest BCUT2D eigenvalue weighted by molar-refractivity contribution is 5.27. The average Bonchev–Trinajstić information content (AvgIpc) is 2.20. The summed E-state index contributed by atoms with van der Waals surface area (Å²) in [6.07, 6.45) is 6.49. The molecule has 0 amide bonds. The molecule has 0 N–H and O–H groups in total. The van der Waals surface area contributed by atoms with E-state index in [0.717, 1.165) is 5.92 Å². The van der Waals surface area contributed by atoms with E-state index in [2.05, 4.69) is 45.0 Å². The molecule has 0 nitrogen and oxygen atoms in total. The second kappa shape index (κ2) is 6.66. The molecule has 0 aliphatic carbocycles. The first kappa shape index (κ1) is 12.3. The summed E-state index contributed by atoms with van der Waals surface area (Å²) in [5.74, 6) is 0.761. The fourth-order valence-corrected chi connectivity index (χ4v) is 2.01. The molecular weight excluding hydrogens is 180 g/mol. The van der Waals surface area contributed by atoms with Gasteiger partial charge in [0.15, 0.2) is 0 Å². The molecule has 0 aliphatic rings. The van der Waals surface area contributed by atoms with Crippen LogP contribution in [0.3, 0.4) is 0 Å². The minimum absolute atomic E-state index is 0.761. The van der Waals surface area contributed by atoms with Gasteiger partial charge < -0.3 is 0 Å². The lowest BCUT2D eigenvalue weighted by Crippen LogP contribution is -1.99. The molecule has 0 radical (unpaired) electrons. The van der Waals surface area contributed by atoms with Gasteiger partial charge in [0, 0.05) is 0 Å². The van der Waals surface area contributed by atoms with Crippen LogP contribution in [0.5, 0.6) is 0 Å². The summed E-state index contributed by atoms with van der Waals surface area (Å²) in [6, 6.07) is 8.93. The highest BCUT2D eigenvalue weighted by Gasteiger charge is 2.03. The lowest BCUT2D eigenvalue weighted by atomic mass is 9.95. The van der Waals surface area contributed by atoms with Gasteiger partial charge in [-0.15, -0.1) is 0 Å². The molecule has 15 heavy (non-hydrogen) atoms. The Bertz CT molecular complexity index is 273. The van der Waals surface area contributed by atoms with E-state index in [9.17, 15) is 0 Å². The van der Waals surface area contributed by atoms with Crippen molar-refractivity contribution in [2.75, 3.05) is 0 Å². The highest BCUT2D eigenvalue weighted by atomic mass is 14.1. The molecule has 0 unspecified atom stereocenters.